The zero-order valence-corrected chi connectivity index (χ0v) is 12.4. The maximum Gasteiger partial charge on any atom is 0.338 e. The van der Waals surface area contributed by atoms with Crippen LogP contribution >= 0.6 is 0 Å². The Balaban J connectivity index is 2.70. The zero-order valence-electron chi connectivity index (χ0n) is 11.6. The normalized spacial score (nSPS) is 17.0. The Kier molecular flexibility index (Phi) is 3.51. The van der Waals surface area contributed by atoms with Gasteiger partial charge in [-0.3, -0.25) is 4.55 Å². The molecule has 0 aliphatic carbocycles. The molecule has 0 radical (unpaired) electrons. The maximum atomic E-state index is 11.8. The number of nitrogens with one attached hydrogen (secondary N) is 1. The zero-order chi connectivity index (χ0) is 15.1. The van der Waals surface area contributed by atoms with Gasteiger partial charge >= 0.3 is 5.97 Å². The Labute approximate surface area is 117 Å². The number of carbonyl (C=O) groups is 1. The van der Waals surface area contributed by atoms with E-state index in [-0.39, 0.29) is 16.0 Å². The van der Waals surface area contributed by atoms with Gasteiger partial charge < -0.3 is 10.1 Å². The average Bonchev–Trinajstić information content (AvgIpc) is 2.34. The molecule has 0 aromatic heterocycles. The molecule has 2 N–H and O–H groups in total. The van der Waals surface area contributed by atoms with E-state index in [9.17, 15) is 17.8 Å². The third-order valence-corrected chi connectivity index (χ3v) is 4.25. The molecule has 0 atom stereocenters. The van der Waals surface area contributed by atoms with E-state index in [4.69, 9.17) is 4.74 Å². The third kappa shape index (κ3) is 2.64. The van der Waals surface area contributed by atoms with Crippen LogP contribution in [-0.2, 0) is 21.3 Å². The van der Waals surface area contributed by atoms with Gasteiger partial charge in [-0.05, 0) is 29.5 Å². The first kappa shape index (κ1) is 14.8. The topological polar surface area (TPSA) is 92.7 Å². The Morgan fingerprint density at radius 1 is 1.40 bits per heavy atom. The van der Waals surface area contributed by atoms with Gasteiger partial charge in [0.25, 0.3) is 10.1 Å². The number of ether oxygens (including phenoxy) is 1. The number of carbonyl (C=O) groups excluding carboxylic acids is 1. The molecule has 0 unspecified atom stereocenters. The molecule has 110 valence electrons. The number of hydrogen-bond acceptors (Lipinski definition) is 5. The fraction of sp³-hybridized carbons (Fsp3) is 0.462. The third-order valence-electron chi connectivity index (χ3n) is 3.36. The molecule has 1 heterocycles. The summed E-state index contributed by atoms with van der Waals surface area (Å²) in [6.07, 6.45) is 0.517. The number of esters is 1. The molecule has 1 aromatic carbocycles. The van der Waals surface area contributed by atoms with E-state index in [1.807, 2.05) is 13.8 Å². The lowest BCUT2D eigenvalue weighted by molar-refractivity contribution is 0.0598. The Morgan fingerprint density at radius 2 is 2.05 bits per heavy atom. The second-order valence-corrected chi connectivity index (χ2v) is 7.02. The Bertz CT molecular complexity index is 664. The van der Waals surface area contributed by atoms with Gasteiger partial charge in [0, 0.05) is 6.54 Å². The van der Waals surface area contributed by atoms with Crippen molar-refractivity contribution in [3.63, 3.8) is 0 Å². The van der Waals surface area contributed by atoms with E-state index in [0.29, 0.717) is 24.1 Å². The highest BCUT2D eigenvalue weighted by Gasteiger charge is 2.32. The second-order valence-electron chi connectivity index (χ2n) is 5.63. The molecule has 2 rings (SSSR count). The van der Waals surface area contributed by atoms with Crippen LogP contribution in [0.5, 0.6) is 0 Å². The summed E-state index contributed by atoms with van der Waals surface area (Å²) in [5, 5.41) is 3.00. The summed E-state index contributed by atoms with van der Waals surface area (Å²) < 4.78 is 36.8. The molecule has 0 spiro atoms. The van der Waals surface area contributed by atoms with E-state index in [2.05, 4.69) is 5.32 Å². The molecular weight excluding hydrogens is 282 g/mol. The van der Waals surface area contributed by atoms with Gasteiger partial charge in [-0.25, -0.2) is 4.79 Å². The minimum absolute atomic E-state index is 0.131. The van der Waals surface area contributed by atoms with Crippen LogP contribution in [0.2, 0.25) is 0 Å². The highest BCUT2D eigenvalue weighted by Crippen LogP contribution is 2.38. The summed E-state index contributed by atoms with van der Waals surface area (Å²) in [4.78, 5) is 11.6. The van der Waals surface area contributed by atoms with Gasteiger partial charge in [-0.15, -0.1) is 0 Å². The summed E-state index contributed by atoms with van der Waals surface area (Å²) in [6.45, 7) is 4.56. The lowest BCUT2D eigenvalue weighted by Crippen LogP contribution is -2.33. The summed E-state index contributed by atoms with van der Waals surface area (Å²) in [7, 11) is -3.07. The summed E-state index contributed by atoms with van der Waals surface area (Å²) >= 11 is 0. The van der Waals surface area contributed by atoms with Gasteiger partial charge in [0.1, 0.15) is 4.90 Å². The van der Waals surface area contributed by atoms with Crippen molar-refractivity contribution < 1.29 is 22.5 Å². The van der Waals surface area contributed by atoms with Crippen molar-refractivity contribution >= 4 is 21.8 Å². The first-order valence-corrected chi connectivity index (χ1v) is 7.55. The van der Waals surface area contributed by atoms with Gasteiger partial charge in [0.2, 0.25) is 0 Å². The van der Waals surface area contributed by atoms with Gasteiger partial charge in [-0.1, -0.05) is 13.8 Å². The number of fused-ring (bicyclic) bond motifs is 1. The van der Waals surface area contributed by atoms with E-state index >= 15 is 0 Å². The smallest absolute Gasteiger partial charge is 0.338 e. The molecule has 0 amide bonds. The molecule has 20 heavy (non-hydrogen) atoms. The molecule has 6 nitrogen and oxygen atoms in total. The monoisotopic (exact) mass is 299 g/mol. The molecular formula is C13H17NO5S. The Hall–Kier alpha value is -1.60. The Morgan fingerprint density at radius 3 is 2.60 bits per heavy atom. The SMILES string of the molecule is COC(=O)c1ccc(S(=O)(=O)O)c2c1CC(C)(C)CN2. The predicted molar refractivity (Wildman–Crippen MR) is 73.6 cm³/mol. The lowest BCUT2D eigenvalue weighted by Gasteiger charge is -2.34. The number of benzene rings is 1. The van der Waals surface area contributed by atoms with Crippen LogP contribution in [0.4, 0.5) is 5.69 Å². The maximum absolute atomic E-state index is 11.8. The van der Waals surface area contributed by atoms with E-state index in [0.717, 1.165) is 0 Å². The van der Waals surface area contributed by atoms with Crippen molar-refractivity contribution in [2.45, 2.75) is 25.2 Å². The highest BCUT2D eigenvalue weighted by atomic mass is 32.2. The molecule has 0 saturated heterocycles. The molecule has 1 aromatic rings. The van der Waals surface area contributed by atoms with Crippen molar-refractivity contribution in [3.8, 4) is 0 Å². The minimum Gasteiger partial charge on any atom is -0.465 e. The fourth-order valence-electron chi connectivity index (χ4n) is 2.39. The number of methoxy groups -OCH3 is 1. The van der Waals surface area contributed by atoms with Crippen molar-refractivity contribution in [3.05, 3.63) is 23.3 Å². The quantitative estimate of drug-likeness (QED) is 0.638. The van der Waals surface area contributed by atoms with Crippen LogP contribution in [-0.4, -0.2) is 32.6 Å². The average molecular weight is 299 g/mol. The first-order chi connectivity index (χ1) is 9.15. The van der Waals surface area contributed by atoms with E-state index < -0.39 is 16.1 Å². The molecule has 0 fully saturated rings. The largest absolute Gasteiger partial charge is 0.465 e. The highest BCUT2D eigenvalue weighted by molar-refractivity contribution is 7.86. The number of hydrogen-bond donors (Lipinski definition) is 2. The van der Waals surface area contributed by atoms with Gasteiger partial charge in [0.05, 0.1) is 18.4 Å². The molecule has 1 aliphatic rings. The standard InChI is InChI=1S/C13H17NO5S/c1-13(2)6-9-8(12(15)19-3)4-5-10(20(16,17)18)11(9)14-7-13/h4-5,14H,6-7H2,1-3H3,(H,16,17,18). The first-order valence-electron chi connectivity index (χ1n) is 6.11. The lowest BCUT2D eigenvalue weighted by atomic mass is 9.80. The van der Waals surface area contributed by atoms with Gasteiger partial charge in [-0.2, -0.15) is 8.42 Å². The van der Waals surface area contributed by atoms with Crippen molar-refractivity contribution in [1.82, 2.24) is 0 Å². The van der Waals surface area contributed by atoms with Gasteiger partial charge in [0.15, 0.2) is 0 Å². The molecule has 7 heteroatoms. The van der Waals surface area contributed by atoms with Crippen LogP contribution in [0.3, 0.4) is 0 Å². The molecule has 1 aliphatic heterocycles. The fourth-order valence-corrected chi connectivity index (χ4v) is 3.08. The molecule has 0 bridgehead atoms. The van der Waals surface area contributed by atoms with Crippen molar-refractivity contribution in [1.29, 1.82) is 0 Å². The van der Waals surface area contributed by atoms with Crippen LogP contribution in [0.25, 0.3) is 0 Å². The van der Waals surface area contributed by atoms with Crippen molar-refractivity contribution in [2.75, 3.05) is 19.0 Å². The van der Waals surface area contributed by atoms with E-state index in [1.165, 1.54) is 19.2 Å². The molecule has 0 saturated carbocycles. The van der Waals surface area contributed by atoms with Crippen molar-refractivity contribution in [2.24, 2.45) is 5.41 Å². The summed E-state index contributed by atoms with van der Waals surface area (Å²) in [5.74, 6) is -0.525. The van der Waals surface area contributed by atoms with Crippen LogP contribution in [0, 0.1) is 5.41 Å². The van der Waals surface area contributed by atoms with Crippen LogP contribution < -0.4 is 5.32 Å². The summed E-state index contributed by atoms with van der Waals surface area (Å²) in [6, 6.07) is 2.59. The van der Waals surface area contributed by atoms with Crippen LogP contribution in [0.15, 0.2) is 17.0 Å². The number of anilines is 1. The van der Waals surface area contributed by atoms with Crippen LogP contribution in [0.1, 0.15) is 29.8 Å². The van der Waals surface area contributed by atoms with E-state index in [1.54, 1.807) is 0 Å². The second kappa shape index (κ2) is 4.75. The predicted octanol–water partition coefficient (Wildman–Crippen LogP) is 1.71. The number of rotatable bonds is 2. The minimum atomic E-state index is -4.35. The summed E-state index contributed by atoms with van der Waals surface area (Å²) in [5.41, 5.74) is 1.03.